The zero-order chi connectivity index (χ0) is 27.7. The number of aliphatic hydroxyl groups excluding tert-OH is 1. The highest BCUT2D eigenvalue weighted by Crippen LogP contribution is 2.17. The molecule has 0 radical (unpaired) electrons. The number of nitrogens with zero attached hydrogens (tertiary/aromatic N) is 3. The third kappa shape index (κ3) is 11.6. The fourth-order valence-corrected chi connectivity index (χ4v) is 3.64. The first-order chi connectivity index (χ1) is 19.0. The number of carbonyl (C=O) groups is 1. The second-order valence-electron chi connectivity index (χ2n) is 9.22. The molecule has 3 rings (SSSR count). The largest absolute Gasteiger partial charge is 0.394 e. The molecule has 0 bridgehead atoms. The summed E-state index contributed by atoms with van der Waals surface area (Å²) in [4.78, 5) is 25.4. The van der Waals surface area contributed by atoms with Gasteiger partial charge in [-0.25, -0.2) is 0 Å². The smallest absolute Gasteiger partial charge is 0.251 e. The number of amides is 1. The summed E-state index contributed by atoms with van der Waals surface area (Å²) < 4.78 is 11.1. The Morgan fingerprint density at radius 1 is 0.821 bits per heavy atom. The molecule has 0 spiro atoms. The second-order valence-corrected chi connectivity index (χ2v) is 9.22. The molecule has 2 aromatic carbocycles. The quantitative estimate of drug-likeness (QED) is 0.153. The Morgan fingerprint density at radius 3 is 2.10 bits per heavy atom. The van der Waals surface area contributed by atoms with Gasteiger partial charge in [-0.1, -0.05) is 50.2 Å². The first kappa shape index (κ1) is 29.8. The molecule has 1 atom stereocenters. The lowest BCUT2D eigenvalue weighted by Gasteiger charge is -2.19. The van der Waals surface area contributed by atoms with Gasteiger partial charge in [-0.2, -0.15) is 15.0 Å². The van der Waals surface area contributed by atoms with E-state index in [1.54, 1.807) is 12.1 Å². The highest BCUT2D eigenvalue weighted by atomic mass is 16.5. The maximum absolute atomic E-state index is 12.0. The van der Waals surface area contributed by atoms with Crippen LogP contribution in [0.5, 0.6) is 0 Å². The monoisotopic (exact) mass is 537 g/mol. The van der Waals surface area contributed by atoms with E-state index in [4.69, 9.17) is 9.47 Å². The number of anilines is 4. The van der Waals surface area contributed by atoms with E-state index in [1.165, 1.54) is 0 Å². The first-order valence-electron chi connectivity index (χ1n) is 13.2. The first-order valence-corrected chi connectivity index (χ1v) is 13.2. The summed E-state index contributed by atoms with van der Waals surface area (Å²) in [6, 6.07) is 18.5. The highest BCUT2D eigenvalue weighted by Gasteiger charge is 2.14. The predicted molar refractivity (Wildman–Crippen MR) is 152 cm³/mol. The van der Waals surface area contributed by atoms with Gasteiger partial charge in [0, 0.05) is 24.3 Å². The molecular formula is C28H39N7O4. The molecule has 5 N–H and O–H groups in total. The second kappa shape index (κ2) is 16.9. The summed E-state index contributed by atoms with van der Waals surface area (Å²) in [6.45, 7) is 6.76. The van der Waals surface area contributed by atoms with Crippen LogP contribution in [0.1, 0.15) is 30.6 Å². The van der Waals surface area contributed by atoms with Crippen molar-refractivity contribution in [3.05, 3.63) is 66.2 Å². The summed E-state index contributed by atoms with van der Waals surface area (Å²) >= 11 is 0. The van der Waals surface area contributed by atoms with Crippen LogP contribution < -0.4 is 21.3 Å². The van der Waals surface area contributed by atoms with Crippen molar-refractivity contribution >= 4 is 29.4 Å². The summed E-state index contributed by atoms with van der Waals surface area (Å²) in [7, 11) is 0. The number of benzene rings is 2. The lowest BCUT2D eigenvalue weighted by Crippen LogP contribution is -2.27. The zero-order valence-electron chi connectivity index (χ0n) is 22.6. The summed E-state index contributed by atoms with van der Waals surface area (Å²) in [5.41, 5.74) is 1.48. The molecule has 1 amide bonds. The van der Waals surface area contributed by atoms with E-state index >= 15 is 0 Å². The van der Waals surface area contributed by atoms with Crippen LogP contribution in [-0.4, -0.2) is 78.1 Å². The van der Waals surface area contributed by atoms with Crippen molar-refractivity contribution in [2.45, 2.75) is 26.3 Å². The van der Waals surface area contributed by atoms with Crippen LogP contribution in [0, 0.1) is 5.92 Å². The lowest BCUT2D eigenvalue weighted by molar-refractivity contribution is 0.0519. The highest BCUT2D eigenvalue weighted by molar-refractivity contribution is 5.94. The number of aromatic nitrogens is 3. The number of carbonyl (C=O) groups excluding carboxylic acids is 1. The zero-order valence-corrected chi connectivity index (χ0v) is 22.6. The molecular weight excluding hydrogens is 498 g/mol. The fourth-order valence-electron chi connectivity index (χ4n) is 3.64. The number of para-hydroxylation sites is 1. The molecule has 1 heterocycles. The average molecular weight is 538 g/mol. The number of nitrogens with one attached hydrogen (secondary N) is 4. The molecule has 11 heteroatoms. The molecule has 0 aliphatic carbocycles. The molecule has 1 aromatic heterocycles. The SMILES string of the molecule is CC(C)C[C@H](CO)Nc1nc(NCCOCCOCCNC(=O)c2ccccc2)nc(Nc2ccccc2)n1. The topological polar surface area (TPSA) is 143 Å². The van der Waals surface area contributed by atoms with Crippen molar-refractivity contribution < 1.29 is 19.4 Å². The van der Waals surface area contributed by atoms with Gasteiger partial charge < -0.3 is 35.8 Å². The van der Waals surface area contributed by atoms with Crippen molar-refractivity contribution in [3.8, 4) is 0 Å². The Balaban J connectivity index is 1.39. The van der Waals surface area contributed by atoms with Crippen molar-refractivity contribution in [1.29, 1.82) is 0 Å². The summed E-state index contributed by atoms with van der Waals surface area (Å²) in [6.07, 6.45) is 0.779. The number of rotatable bonds is 18. The minimum absolute atomic E-state index is 0.0244. The van der Waals surface area contributed by atoms with Gasteiger partial charge in [0.05, 0.1) is 39.1 Å². The Kier molecular flexibility index (Phi) is 12.9. The maximum Gasteiger partial charge on any atom is 0.251 e. The molecule has 39 heavy (non-hydrogen) atoms. The van der Waals surface area contributed by atoms with Gasteiger partial charge in [0.15, 0.2) is 0 Å². The number of ether oxygens (including phenoxy) is 2. The van der Waals surface area contributed by atoms with Crippen LogP contribution >= 0.6 is 0 Å². The summed E-state index contributed by atoms with van der Waals surface area (Å²) in [5, 5.41) is 22.1. The minimum Gasteiger partial charge on any atom is -0.394 e. The molecule has 3 aromatic rings. The molecule has 0 saturated carbocycles. The van der Waals surface area contributed by atoms with Crippen molar-refractivity contribution in [2.75, 3.05) is 62.1 Å². The van der Waals surface area contributed by atoms with Gasteiger partial charge in [-0.3, -0.25) is 4.79 Å². The molecule has 0 aliphatic heterocycles. The van der Waals surface area contributed by atoms with Crippen LogP contribution in [0.4, 0.5) is 23.5 Å². The van der Waals surface area contributed by atoms with Crippen LogP contribution in [0.3, 0.4) is 0 Å². The number of hydrogen-bond acceptors (Lipinski definition) is 10. The maximum atomic E-state index is 12.0. The Bertz CT molecular complexity index is 1100. The molecule has 0 unspecified atom stereocenters. The van der Waals surface area contributed by atoms with Crippen LogP contribution in [0.2, 0.25) is 0 Å². The van der Waals surface area contributed by atoms with E-state index in [2.05, 4.69) is 50.1 Å². The van der Waals surface area contributed by atoms with Gasteiger partial charge in [-0.15, -0.1) is 0 Å². The third-order valence-electron chi connectivity index (χ3n) is 5.44. The van der Waals surface area contributed by atoms with Gasteiger partial charge >= 0.3 is 0 Å². The normalized spacial score (nSPS) is 11.7. The standard InChI is InChI=1S/C28H39N7O4/c1-21(2)19-24(20-36)32-28-34-26(33-27(35-28)31-23-11-7-4-8-12-23)30-14-16-39-18-17-38-15-13-29-25(37)22-9-5-3-6-10-22/h3-12,21,24,36H,13-20H2,1-2H3,(H,29,37)(H3,30,31,32,33,34,35)/t24-/m1/s1. The number of hydrogen-bond donors (Lipinski definition) is 5. The average Bonchev–Trinajstić information content (AvgIpc) is 2.94. The Morgan fingerprint density at radius 2 is 1.44 bits per heavy atom. The van der Waals surface area contributed by atoms with Gasteiger partial charge in [0.1, 0.15) is 0 Å². The van der Waals surface area contributed by atoms with Crippen molar-refractivity contribution in [1.82, 2.24) is 20.3 Å². The van der Waals surface area contributed by atoms with Crippen molar-refractivity contribution in [2.24, 2.45) is 5.92 Å². The summed E-state index contributed by atoms with van der Waals surface area (Å²) in [5.74, 6) is 1.44. The lowest BCUT2D eigenvalue weighted by atomic mass is 10.0. The van der Waals surface area contributed by atoms with Crippen LogP contribution in [0.15, 0.2) is 60.7 Å². The van der Waals surface area contributed by atoms with Gasteiger partial charge in [0.25, 0.3) is 5.91 Å². The molecule has 0 fully saturated rings. The van der Waals surface area contributed by atoms with Gasteiger partial charge in [-0.05, 0) is 36.6 Å². The van der Waals surface area contributed by atoms with E-state index in [9.17, 15) is 9.90 Å². The van der Waals surface area contributed by atoms with E-state index < -0.39 is 0 Å². The third-order valence-corrected chi connectivity index (χ3v) is 5.44. The fraction of sp³-hybridized carbons (Fsp3) is 0.429. The molecule has 11 nitrogen and oxygen atoms in total. The van der Waals surface area contributed by atoms with E-state index in [-0.39, 0.29) is 18.6 Å². The Hall–Kier alpha value is -3.80. The van der Waals surface area contributed by atoms with Crippen molar-refractivity contribution in [3.63, 3.8) is 0 Å². The molecule has 210 valence electrons. The molecule has 0 aliphatic rings. The van der Waals surface area contributed by atoms with Gasteiger partial charge in [0.2, 0.25) is 17.8 Å². The van der Waals surface area contributed by atoms with E-state index in [1.807, 2.05) is 48.5 Å². The molecule has 0 saturated heterocycles. The van der Waals surface area contributed by atoms with Crippen LogP contribution in [-0.2, 0) is 9.47 Å². The van der Waals surface area contributed by atoms with Crippen LogP contribution in [0.25, 0.3) is 0 Å². The van der Waals surface area contributed by atoms with E-state index in [0.29, 0.717) is 68.8 Å². The minimum atomic E-state index is -0.167. The predicted octanol–water partition coefficient (Wildman–Crippen LogP) is 3.31. The van der Waals surface area contributed by atoms with E-state index in [0.717, 1.165) is 12.1 Å². The Labute approximate surface area is 229 Å². The number of aliphatic hydroxyl groups is 1.